The molecule has 0 spiro atoms. The van der Waals surface area contributed by atoms with Gasteiger partial charge < -0.3 is 10.2 Å². The van der Waals surface area contributed by atoms with Gasteiger partial charge in [-0.1, -0.05) is 59.5 Å². The monoisotopic (exact) mass is 538 g/mol. The third-order valence-electron chi connectivity index (χ3n) is 5.91. The van der Waals surface area contributed by atoms with E-state index in [0.29, 0.717) is 28.7 Å². The molecule has 1 heterocycles. The van der Waals surface area contributed by atoms with Gasteiger partial charge in [0.1, 0.15) is 5.82 Å². The van der Waals surface area contributed by atoms with E-state index in [9.17, 15) is 22.4 Å². The van der Waals surface area contributed by atoms with E-state index >= 15 is 0 Å². The summed E-state index contributed by atoms with van der Waals surface area (Å²) in [5, 5.41) is 6.67. The molecular weight excluding hydrogens is 519 g/mol. The predicted molar refractivity (Wildman–Crippen MR) is 130 cm³/mol. The van der Waals surface area contributed by atoms with Crippen molar-refractivity contribution in [1.29, 1.82) is 0 Å². The van der Waals surface area contributed by atoms with E-state index in [2.05, 4.69) is 10.5 Å². The summed E-state index contributed by atoms with van der Waals surface area (Å²) in [6.07, 6.45) is -5.14. The number of alkyl halides is 3. The minimum absolute atomic E-state index is 0.0373. The standard InChI is InChI=1S/C26H20Cl2F4N2O2/c1-2-24(35)33-14-17-4-3-16(9-22(17)15-5-7-21(29)8-6-15)23-13-25(36-34-23,26(30,31)32)18-10-19(27)12-20(28)11-18/h3-12H,2,13-14H2,1H3,(H,33,35). The van der Waals surface area contributed by atoms with Crippen molar-refractivity contribution >= 4 is 34.8 Å². The van der Waals surface area contributed by atoms with E-state index in [1.165, 1.54) is 18.2 Å². The highest BCUT2D eigenvalue weighted by Gasteiger charge is 2.62. The van der Waals surface area contributed by atoms with Crippen LogP contribution in [0.25, 0.3) is 11.1 Å². The molecule has 3 aromatic rings. The van der Waals surface area contributed by atoms with Gasteiger partial charge in [-0.25, -0.2) is 4.39 Å². The molecule has 4 nitrogen and oxygen atoms in total. The lowest BCUT2D eigenvalue weighted by Crippen LogP contribution is -2.42. The van der Waals surface area contributed by atoms with Crippen molar-refractivity contribution < 1.29 is 27.2 Å². The highest BCUT2D eigenvalue weighted by Crippen LogP contribution is 2.50. The fraction of sp³-hybridized carbons (Fsp3) is 0.231. The number of nitrogens with zero attached hydrogens (tertiary/aromatic N) is 1. The van der Waals surface area contributed by atoms with Crippen LogP contribution in [0.5, 0.6) is 0 Å². The Bertz CT molecular complexity index is 1310. The van der Waals surface area contributed by atoms with Gasteiger partial charge in [0, 0.05) is 40.6 Å². The number of rotatable bonds is 6. The van der Waals surface area contributed by atoms with Crippen LogP contribution in [0.4, 0.5) is 17.6 Å². The van der Waals surface area contributed by atoms with Crippen LogP contribution in [0.2, 0.25) is 10.0 Å². The molecule has 4 rings (SSSR count). The summed E-state index contributed by atoms with van der Waals surface area (Å²) in [5.74, 6) is -0.590. The minimum Gasteiger partial charge on any atom is -0.374 e. The van der Waals surface area contributed by atoms with Gasteiger partial charge in [-0.3, -0.25) is 4.79 Å². The smallest absolute Gasteiger partial charge is 0.374 e. The fourth-order valence-corrected chi connectivity index (χ4v) is 4.50. The molecule has 1 N–H and O–H groups in total. The second-order valence-electron chi connectivity index (χ2n) is 8.30. The number of hydrogen-bond donors (Lipinski definition) is 1. The second-order valence-corrected chi connectivity index (χ2v) is 9.17. The highest BCUT2D eigenvalue weighted by molar-refractivity contribution is 6.34. The summed E-state index contributed by atoms with van der Waals surface area (Å²) >= 11 is 11.9. The number of amides is 1. The van der Waals surface area contributed by atoms with Gasteiger partial charge in [-0.15, -0.1) is 0 Å². The van der Waals surface area contributed by atoms with Crippen LogP contribution < -0.4 is 5.32 Å². The van der Waals surface area contributed by atoms with Crippen molar-refractivity contribution in [3.63, 3.8) is 0 Å². The lowest BCUT2D eigenvalue weighted by atomic mass is 9.85. The number of halogens is 6. The molecule has 36 heavy (non-hydrogen) atoms. The van der Waals surface area contributed by atoms with Crippen molar-refractivity contribution in [1.82, 2.24) is 5.32 Å². The van der Waals surface area contributed by atoms with Crippen LogP contribution in [0.1, 0.15) is 36.5 Å². The molecule has 0 saturated heterocycles. The first-order valence-corrected chi connectivity index (χ1v) is 11.7. The minimum atomic E-state index is -4.82. The molecule has 1 aliphatic rings. The topological polar surface area (TPSA) is 50.7 Å². The van der Waals surface area contributed by atoms with E-state index < -0.39 is 24.0 Å². The van der Waals surface area contributed by atoms with E-state index in [1.54, 1.807) is 37.3 Å². The molecule has 0 radical (unpaired) electrons. The van der Waals surface area contributed by atoms with Crippen LogP contribution in [0.3, 0.4) is 0 Å². The number of benzene rings is 3. The Morgan fingerprint density at radius 2 is 1.67 bits per heavy atom. The molecule has 1 unspecified atom stereocenters. The summed E-state index contributed by atoms with van der Waals surface area (Å²) in [6, 6.07) is 14.3. The highest BCUT2D eigenvalue weighted by atomic mass is 35.5. The van der Waals surface area contributed by atoms with Crippen LogP contribution in [-0.4, -0.2) is 17.8 Å². The van der Waals surface area contributed by atoms with E-state index in [-0.39, 0.29) is 33.8 Å². The number of carbonyl (C=O) groups excluding carboxylic acids is 1. The summed E-state index contributed by atoms with van der Waals surface area (Å²) in [4.78, 5) is 16.9. The van der Waals surface area contributed by atoms with Crippen molar-refractivity contribution in [2.45, 2.75) is 38.1 Å². The first kappa shape index (κ1) is 26.0. The van der Waals surface area contributed by atoms with Gasteiger partial charge >= 0.3 is 6.18 Å². The van der Waals surface area contributed by atoms with E-state index in [1.807, 2.05) is 0 Å². The number of nitrogens with one attached hydrogen (secondary N) is 1. The SMILES string of the molecule is CCC(=O)NCc1ccc(C2=NOC(c3cc(Cl)cc(Cl)c3)(C(F)(F)F)C2)cc1-c1ccc(F)cc1. The zero-order valence-electron chi connectivity index (χ0n) is 18.9. The summed E-state index contributed by atoms with van der Waals surface area (Å²) in [5.41, 5.74) is -0.626. The Morgan fingerprint density at radius 3 is 2.28 bits per heavy atom. The molecule has 1 amide bonds. The normalized spacial score (nSPS) is 17.5. The molecule has 1 aliphatic heterocycles. The number of hydrogen-bond acceptors (Lipinski definition) is 3. The molecule has 188 valence electrons. The molecule has 0 bridgehead atoms. The van der Waals surface area contributed by atoms with Gasteiger partial charge in [0.25, 0.3) is 5.60 Å². The molecule has 0 saturated carbocycles. The molecule has 0 aromatic heterocycles. The second kappa shape index (κ2) is 10.1. The Kier molecular flexibility index (Phi) is 7.29. The van der Waals surface area contributed by atoms with Crippen molar-refractivity contribution in [2.75, 3.05) is 0 Å². The van der Waals surface area contributed by atoms with Crippen LogP contribution in [0, 0.1) is 5.82 Å². The Morgan fingerprint density at radius 1 is 1.03 bits per heavy atom. The van der Waals surface area contributed by atoms with E-state index in [4.69, 9.17) is 28.0 Å². The maximum absolute atomic E-state index is 14.3. The lowest BCUT2D eigenvalue weighted by Gasteiger charge is -2.29. The number of carbonyl (C=O) groups is 1. The molecule has 1 atom stereocenters. The molecule has 0 aliphatic carbocycles. The van der Waals surface area contributed by atoms with Crippen LogP contribution in [-0.2, 0) is 21.8 Å². The average molecular weight is 539 g/mol. The van der Waals surface area contributed by atoms with Gasteiger partial charge in [0.05, 0.1) is 5.71 Å². The third-order valence-corrected chi connectivity index (χ3v) is 6.35. The largest absolute Gasteiger partial charge is 0.435 e. The van der Waals surface area contributed by atoms with Crippen molar-refractivity contribution in [2.24, 2.45) is 5.16 Å². The maximum atomic E-state index is 14.3. The summed E-state index contributed by atoms with van der Waals surface area (Å²) < 4.78 is 56.6. The lowest BCUT2D eigenvalue weighted by molar-refractivity contribution is -0.275. The summed E-state index contributed by atoms with van der Waals surface area (Å²) in [6.45, 7) is 1.91. The van der Waals surface area contributed by atoms with Crippen molar-refractivity contribution in [3.8, 4) is 11.1 Å². The Balaban J connectivity index is 1.74. The quantitative estimate of drug-likeness (QED) is 0.332. The van der Waals surface area contributed by atoms with Gasteiger partial charge in [0.2, 0.25) is 5.91 Å². The zero-order valence-corrected chi connectivity index (χ0v) is 20.4. The first-order chi connectivity index (χ1) is 17.0. The van der Waals surface area contributed by atoms with Gasteiger partial charge in [-0.2, -0.15) is 13.2 Å². The van der Waals surface area contributed by atoms with Crippen LogP contribution in [0.15, 0.2) is 65.8 Å². The van der Waals surface area contributed by atoms with Crippen molar-refractivity contribution in [3.05, 3.63) is 93.2 Å². The molecular formula is C26H20Cl2F4N2O2. The molecule has 10 heteroatoms. The fourth-order valence-electron chi connectivity index (χ4n) is 3.97. The Hall–Kier alpha value is -3.10. The first-order valence-electron chi connectivity index (χ1n) is 11.0. The third kappa shape index (κ3) is 5.20. The maximum Gasteiger partial charge on any atom is 0.435 e. The molecule has 0 fully saturated rings. The average Bonchev–Trinajstić information content (AvgIpc) is 3.30. The van der Waals surface area contributed by atoms with Crippen LogP contribution >= 0.6 is 23.2 Å². The van der Waals surface area contributed by atoms with Gasteiger partial charge in [-0.05, 0) is 53.1 Å². The predicted octanol–water partition coefficient (Wildman–Crippen LogP) is 7.41. The summed E-state index contributed by atoms with van der Waals surface area (Å²) in [7, 11) is 0. The molecule has 3 aromatic carbocycles. The Labute approximate surface area is 214 Å². The number of oxime groups is 1. The van der Waals surface area contributed by atoms with Gasteiger partial charge in [0.15, 0.2) is 0 Å². The zero-order chi connectivity index (χ0) is 26.1. The van der Waals surface area contributed by atoms with E-state index in [0.717, 1.165) is 12.1 Å².